The van der Waals surface area contributed by atoms with Crippen LogP contribution in [0.15, 0.2) is 27.4 Å². The number of nitrogens with zero attached hydrogens (tertiary/aromatic N) is 1. The maximum Gasteiger partial charge on any atom is 0.419 e. The Labute approximate surface area is 123 Å². The molecule has 0 saturated carbocycles. The van der Waals surface area contributed by atoms with Crippen molar-refractivity contribution in [3.8, 4) is 0 Å². The molecule has 1 aromatic heterocycles. The molecule has 1 heterocycles. The van der Waals surface area contributed by atoms with Crippen LogP contribution in [0.25, 0.3) is 11.1 Å². The zero-order valence-corrected chi connectivity index (χ0v) is 13.1. The zero-order chi connectivity index (χ0) is 15.5. The summed E-state index contributed by atoms with van der Waals surface area (Å²) < 4.78 is 32.4. The van der Waals surface area contributed by atoms with Crippen molar-refractivity contribution in [2.24, 2.45) is 7.05 Å². The van der Waals surface area contributed by atoms with Crippen LogP contribution in [-0.4, -0.2) is 25.3 Å². The van der Waals surface area contributed by atoms with E-state index < -0.39 is 15.8 Å². The third-order valence-electron chi connectivity index (χ3n) is 3.36. The molecule has 116 valence electrons. The van der Waals surface area contributed by atoms with Gasteiger partial charge in [-0.3, -0.25) is 4.57 Å². The minimum absolute atomic E-state index is 0.165. The summed E-state index contributed by atoms with van der Waals surface area (Å²) in [5.74, 6) is -0.235. The lowest BCUT2D eigenvalue weighted by Crippen LogP contribution is -2.28. The number of aryl methyl sites for hydroxylation is 1. The minimum atomic E-state index is -3.18. The molecule has 0 fully saturated rings. The number of fused-ring (bicyclic) bond motifs is 1. The molecule has 0 aliphatic carbocycles. The summed E-state index contributed by atoms with van der Waals surface area (Å²) in [4.78, 5) is 11.4. The quantitative estimate of drug-likeness (QED) is 0.838. The number of nitrogens with one attached hydrogen (secondary N) is 1. The Morgan fingerprint density at radius 2 is 2.10 bits per heavy atom. The Hall–Kier alpha value is -1.60. The van der Waals surface area contributed by atoms with E-state index in [9.17, 15) is 13.2 Å². The van der Waals surface area contributed by atoms with Crippen molar-refractivity contribution >= 4 is 21.1 Å². The average Bonchev–Trinajstić information content (AvgIpc) is 2.72. The number of benzene rings is 1. The number of hydrogen-bond donors (Lipinski definition) is 1. The first-order chi connectivity index (χ1) is 9.93. The minimum Gasteiger partial charge on any atom is -0.408 e. The van der Waals surface area contributed by atoms with Crippen molar-refractivity contribution in [1.82, 2.24) is 9.29 Å². The molecule has 0 bridgehead atoms. The summed E-state index contributed by atoms with van der Waals surface area (Å²) in [6.07, 6.45) is 2.09. The Bertz CT molecular complexity index is 774. The average molecular weight is 312 g/mol. The van der Waals surface area contributed by atoms with Gasteiger partial charge in [0.05, 0.1) is 11.3 Å². The molecule has 0 atom stereocenters. The number of hydrogen-bond acceptors (Lipinski definition) is 4. The summed E-state index contributed by atoms with van der Waals surface area (Å²) >= 11 is 0. The maximum atomic E-state index is 11.7. The van der Waals surface area contributed by atoms with Crippen LogP contribution < -0.4 is 10.5 Å². The Morgan fingerprint density at radius 1 is 1.33 bits per heavy atom. The van der Waals surface area contributed by atoms with Crippen molar-refractivity contribution in [2.45, 2.75) is 26.2 Å². The van der Waals surface area contributed by atoms with Crippen LogP contribution in [0, 0.1) is 0 Å². The van der Waals surface area contributed by atoms with Crippen LogP contribution in [0.3, 0.4) is 0 Å². The fourth-order valence-electron chi connectivity index (χ4n) is 2.09. The summed E-state index contributed by atoms with van der Waals surface area (Å²) in [6, 6.07) is 5.42. The molecule has 0 radical (unpaired) electrons. The summed E-state index contributed by atoms with van der Waals surface area (Å²) in [5, 5.41) is 0. The second-order valence-electron chi connectivity index (χ2n) is 5.05. The highest BCUT2D eigenvalue weighted by Gasteiger charge is 2.09. The van der Waals surface area contributed by atoms with Crippen molar-refractivity contribution in [3.63, 3.8) is 0 Å². The van der Waals surface area contributed by atoms with E-state index in [0.29, 0.717) is 30.5 Å². The largest absolute Gasteiger partial charge is 0.419 e. The van der Waals surface area contributed by atoms with Crippen LogP contribution in [-0.2, 0) is 23.5 Å². The third-order valence-corrected chi connectivity index (χ3v) is 4.83. The molecule has 0 saturated heterocycles. The maximum absolute atomic E-state index is 11.7. The standard InChI is InChI=1S/C14H20N2O4S/c1-3-4-9-21(18,19)15-8-7-11-5-6-13-12(10-11)16(2)14(17)20-13/h5-6,10,15H,3-4,7-9H2,1-2H3. The Kier molecular flexibility index (Phi) is 4.84. The normalized spacial score (nSPS) is 12.1. The third kappa shape index (κ3) is 3.95. The van der Waals surface area contributed by atoms with E-state index in [1.54, 1.807) is 13.1 Å². The number of aromatic nitrogens is 1. The molecule has 21 heavy (non-hydrogen) atoms. The number of oxazole rings is 1. The van der Waals surface area contributed by atoms with E-state index in [-0.39, 0.29) is 5.75 Å². The van der Waals surface area contributed by atoms with Crippen LogP contribution in [0.1, 0.15) is 25.3 Å². The van der Waals surface area contributed by atoms with Gasteiger partial charge in [-0.2, -0.15) is 0 Å². The Balaban J connectivity index is 2.01. The van der Waals surface area contributed by atoms with E-state index in [4.69, 9.17) is 4.42 Å². The highest BCUT2D eigenvalue weighted by atomic mass is 32.2. The second-order valence-corrected chi connectivity index (χ2v) is 6.97. The highest BCUT2D eigenvalue weighted by Crippen LogP contribution is 2.14. The topological polar surface area (TPSA) is 81.3 Å². The number of sulfonamides is 1. The second kappa shape index (κ2) is 6.44. The van der Waals surface area contributed by atoms with Gasteiger partial charge < -0.3 is 4.42 Å². The van der Waals surface area contributed by atoms with Crippen molar-refractivity contribution in [2.75, 3.05) is 12.3 Å². The molecule has 0 unspecified atom stereocenters. The molecule has 0 spiro atoms. The summed E-state index contributed by atoms with van der Waals surface area (Å²) in [5.41, 5.74) is 2.21. The molecule has 1 aromatic carbocycles. The lowest BCUT2D eigenvalue weighted by Gasteiger charge is -2.06. The monoisotopic (exact) mass is 312 g/mol. The molecule has 0 amide bonds. The SMILES string of the molecule is CCCCS(=O)(=O)NCCc1ccc2oc(=O)n(C)c2c1. The Morgan fingerprint density at radius 3 is 2.81 bits per heavy atom. The molecule has 0 aliphatic heterocycles. The van der Waals surface area contributed by atoms with E-state index >= 15 is 0 Å². The summed E-state index contributed by atoms with van der Waals surface area (Å²) in [6.45, 7) is 2.31. The number of unbranched alkanes of at least 4 members (excludes halogenated alkanes) is 1. The van der Waals surface area contributed by atoms with E-state index in [0.717, 1.165) is 12.0 Å². The van der Waals surface area contributed by atoms with Gasteiger partial charge in [0, 0.05) is 13.6 Å². The highest BCUT2D eigenvalue weighted by molar-refractivity contribution is 7.89. The predicted octanol–water partition coefficient (Wildman–Crippen LogP) is 1.39. The van der Waals surface area contributed by atoms with Crippen molar-refractivity contribution in [3.05, 3.63) is 34.3 Å². The first-order valence-corrected chi connectivity index (χ1v) is 8.64. The van der Waals surface area contributed by atoms with Gasteiger partial charge in [0.15, 0.2) is 5.58 Å². The van der Waals surface area contributed by atoms with Gasteiger partial charge in [0.2, 0.25) is 10.0 Å². The van der Waals surface area contributed by atoms with Gasteiger partial charge in [0.25, 0.3) is 0 Å². The zero-order valence-electron chi connectivity index (χ0n) is 12.3. The van der Waals surface area contributed by atoms with E-state index in [1.165, 1.54) is 4.57 Å². The lowest BCUT2D eigenvalue weighted by atomic mass is 10.1. The molecule has 6 nitrogen and oxygen atoms in total. The smallest absolute Gasteiger partial charge is 0.408 e. The van der Waals surface area contributed by atoms with Gasteiger partial charge in [-0.1, -0.05) is 19.4 Å². The predicted molar refractivity (Wildman–Crippen MR) is 81.9 cm³/mol. The van der Waals surface area contributed by atoms with Gasteiger partial charge in [-0.05, 0) is 30.5 Å². The summed E-state index contributed by atoms with van der Waals surface area (Å²) in [7, 11) is -1.54. The lowest BCUT2D eigenvalue weighted by molar-refractivity contribution is 0.528. The molecule has 2 aromatic rings. The van der Waals surface area contributed by atoms with Crippen LogP contribution in [0.5, 0.6) is 0 Å². The molecule has 7 heteroatoms. The molecule has 2 rings (SSSR count). The number of rotatable bonds is 7. The van der Waals surface area contributed by atoms with Gasteiger partial charge in [-0.25, -0.2) is 17.9 Å². The van der Waals surface area contributed by atoms with Crippen molar-refractivity contribution < 1.29 is 12.8 Å². The van der Waals surface area contributed by atoms with Crippen LogP contribution in [0.2, 0.25) is 0 Å². The van der Waals surface area contributed by atoms with Crippen LogP contribution >= 0.6 is 0 Å². The van der Waals surface area contributed by atoms with Gasteiger partial charge in [-0.15, -0.1) is 0 Å². The molecular weight excluding hydrogens is 292 g/mol. The molecular formula is C14H20N2O4S. The van der Waals surface area contributed by atoms with E-state index in [1.807, 2.05) is 19.1 Å². The van der Waals surface area contributed by atoms with Gasteiger partial charge in [0.1, 0.15) is 0 Å². The van der Waals surface area contributed by atoms with Gasteiger partial charge >= 0.3 is 5.76 Å². The molecule has 1 N–H and O–H groups in total. The fraction of sp³-hybridized carbons (Fsp3) is 0.500. The fourth-order valence-corrected chi connectivity index (χ4v) is 3.31. The molecule has 0 aliphatic rings. The van der Waals surface area contributed by atoms with Crippen molar-refractivity contribution in [1.29, 1.82) is 0 Å². The first kappa shape index (κ1) is 15.8. The van der Waals surface area contributed by atoms with E-state index in [2.05, 4.69) is 4.72 Å². The first-order valence-electron chi connectivity index (χ1n) is 6.99. The van der Waals surface area contributed by atoms with Crippen LogP contribution in [0.4, 0.5) is 0 Å².